The molecule has 0 saturated heterocycles. The number of aliphatic hydroxyl groups is 1. The number of hydrogen-bond acceptors (Lipinski definition) is 6. The third-order valence-corrected chi connectivity index (χ3v) is 5.45. The van der Waals surface area contributed by atoms with Gasteiger partial charge in [0, 0.05) is 11.5 Å². The second kappa shape index (κ2) is 7.71. The molecule has 1 amide bonds. The number of fused-ring (bicyclic) bond motifs is 1. The lowest BCUT2D eigenvalue weighted by atomic mass is 9.82. The second-order valence-electron chi connectivity index (χ2n) is 8.64. The lowest BCUT2D eigenvalue weighted by Gasteiger charge is -2.27. The molecule has 3 aromatic rings. The Kier molecular flexibility index (Phi) is 5.16. The van der Waals surface area contributed by atoms with E-state index in [9.17, 15) is 14.7 Å². The van der Waals surface area contributed by atoms with Crippen LogP contribution in [0, 0.1) is 5.41 Å². The molecule has 0 aliphatic carbocycles. The Balaban J connectivity index is 1.91. The highest BCUT2D eigenvalue weighted by atomic mass is 16.5. The number of carbonyl (C=O) groups excluding carboxylic acids is 2. The van der Waals surface area contributed by atoms with Crippen molar-refractivity contribution in [2.75, 3.05) is 19.1 Å². The van der Waals surface area contributed by atoms with Crippen LogP contribution in [0.5, 0.6) is 11.5 Å². The first-order valence-electron chi connectivity index (χ1n) is 10.1. The molecule has 2 heterocycles. The largest absolute Gasteiger partial charge is 0.503 e. The van der Waals surface area contributed by atoms with E-state index >= 15 is 0 Å². The Bertz CT molecular complexity index is 1250. The summed E-state index contributed by atoms with van der Waals surface area (Å²) in [5, 5.41) is 10.8. The SMILES string of the molecule is COc1cccc(C2C(C(=O)C(C)(C)C)=C(O)C(=O)N2c2nc3ccc(OC)cc3[nH]2)c1. The number of amides is 1. The number of anilines is 1. The Hall–Kier alpha value is -3.81. The van der Waals surface area contributed by atoms with E-state index in [4.69, 9.17) is 9.47 Å². The minimum Gasteiger partial charge on any atom is -0.503 e. The molecule has 8 nitrogen and oxygen atoms in total. The Morgan fingerprint density at radius 2 is 1.78 bits per heavy atom. The van der Waals surface area contributed by atoms with Gasteiger partial charge in [0.1, 0.15) is 11.5 Å². The van der Waals surface area contributed by atoms with Crippen molar-refractivity contribution in [3.8, 4) is 11.5 Å². The minimum absolute atomic E-state index is 0.0359. The number of ether oxygens (including phenoxy) is 2. The quantitative estimate of drug-likeness (QED) is 0.625. The molecule has 0 bridgehead atoms. The van der Waals surface area contributed by atoms with Crippen LogP contribution in [0.2, 0.25) is 0 Å². The Morgan fingerprint density at radius 3 is 2.44 bits per heavy atom. The number of Topliss-reactive ketones (excluding diaryl/α,β-unsaturated/α-hetero) is 1. The van der Waals surface area contributed by atoms with Crippen LogP contribution in [0.25, 0.3) is 11.0 Å². The zero-order valence-corrected chi connectivity index (χ0v) is 18.6. The third kappa shape index (κ3) is 3.47. The number of ketones is 1. The molecule has 32 heavy (non-hydrogen) atoms. The van der Waals surface area contributed by atoms with Crippen molar-refractivity contribution in [2.45, 2.75) is 26.8 Å². The number of benzene rings is 2. The monoisotopic (exact) mass is 435 g/mol. The maximum absolute atomic E-state index is 13.3. The van der Waals surface area contributed by atoms with E-state index in [1.54, 1.807) is 70.3 Å². The topological polar surface area (TPSA) is 105 Å². The first-order chi connectivity index (χ1) is 15.2. The number of imidazole rings is 1. The van der Waals surface area contributed by atoms with Crippen molar-refractivity contribution in [3.63, 3.8) is 0 Å². The van der Waals surface area contributed by atoms with Crippen LogP contribution in [0.4, 0.5) is 5.95 Å². The van der Waals surface area contributed by atoms with Crippen LogP contribution >= 0.6 is 0 Å². The summed E-state index contributed by atoms with van der Waals surface area (Å²) in [6, 6.07) is 11.5. The average Bonchev–Trinajstić information content (AvgIpc) is 3.30. The first-order valence-corrected chi connectivity index (χ1v) is 10.1. The normalized spacial score (nSPS) is 16.7. The molecule has 0 fully saturated rings. The van der Waals surface area contributed by atoms with Gasteiger partial charge < -0.3 is 19.6 Å². The number of H-pyrrole nitrogens is 1. The highest BCUT2D eigenvalue weighted by Gasteiger charge is 2.47. The molecule has 1 atom stereocenters. The van der Waals surface area contributed by atoms with Gasteiger partial charge in [-0.25, -0.2) is 4.98 Å². The van der Waals surface area contributed by atoms with E-state index in [2.05, 4.69) is 9.97 Å². The van der Waals surface area contributed by atoms with Crippen LogP contribution < -0.4 is 14.4 Å². The summed E-state index contributed by atoms with van der Waals surface area (Å²) in [5.74, 6) is -0.175. The lowest BCUT2D eigenvalue weighted by molar-refractivity contribution is -0.123. The van der Waals surface area contributed by atoms with Crippen molar-refractivity contribution in [1.82, 2.24) is 9.97 Å². The summed E-state index contributed by atoms with van der Waals surface area (Å²) in [6.45, 7) is 5.25. The fraction of sp³-hybridized carbons (Fsp3) is 0.292. The predicted octanol–water partition coefficient (Wildman–Crippen LogP) is 4.10. The predicted molar refractivity (Wildman–Crippen MR) is 120 cm³/mol. The molecule has 0 spiro atoms. The van der Waals surface area contributed by atoms with Crippen molar-refractivity contribution in [2.24, 2.45) is 5.41 Å². The van der Waals surface area contributed by atoms with Crippen LogP contribution in [-0.4, -0.2) is 41.0 Å². The molecule has 4 rings (SSSR count). The van der Waals surface area contributed by atoms with E-state index in [0.29, 0.717) is 28.1 Å². The summed E-state index contributed by atoms with van der Waals surface area (Å²) in [7, 11) is 3.10. The zero-order valence-electron chi connectivity index (χ0n) is 18.6. The van der Waals surface area contributed by atoms with Gasteiger partial charge in [0.15, 0.2) is 11.5 Å². The van der Waals surface area contributed by atoms with E-state index in [-0.39, 0.29) is 17.3 Å². The molecule has 166 valence electrons. The van der Waals surface area contributed by atoms with Crippen molar-refractivity contribution in [3.05, 3.63) is 59.4 Å². The highest BCUT2D eigenvalue weighted by Crippen LogP contribution is 2.43. The molecular weight excluding hydrogens is 410 g/mol. The molecular formula is C24H25N3O5. The smallest absolute Gasteiger partial charge is 0.296 e. The second-order valence-corrected chi connectivity index (χ2v) is 8.64. The van der Waals surface area contributed by atoms with Gasteiger partial charge in [0.25, 0.3) is 5.91 Å². The van der Waals surface area contributed by atoms with Gasteiger partial charge in [-0.15, -0.1) is 0 Å². The summed E-state index contributed by atoms with van der Waals surface area (Å²) in [4.78, 5) is 35.5. The van der Waals surface area contributed by atoms with Gasteiger partial charge in [-0.3, -0.25) is 14.5 Å². The molecule has 0 saturated carbocycles. The molecule has 1 aliphatic heterocycles. The molecule has 1 aromatic heterocycles. The molecule has 2 N–H and O–H groups in total. The van der Waals surface area contributed by atoms with Crippen molar-refractivity contribution in [1.29, 1.82) is 0 Å². The Labute approximate surface area is 185 Å². The number of rotatable bonds is 5. The molecule has 1 unspecified atom stereocenters. The standard InChI is InChI=1S/C24H25N3O5/c1-24(2,3)21(29)18-19(13-7-6-8-14(11-13)31-4)27(22(30)20(18)28)23-25-16-10-9-15(32-5)12-17(16)26-23/h6-12,19,28H,1-5H3,(H,25,26). The van der Waals surface area contributed by atoms with E-state index in [0.717, 1.165) is 0 Å². The van der Waals surface area contributed by atoms with E-state index in [1.165, 1.54) is 12.0 Å². The maximum atomic E-state index is 13.3. The number of methoxy groups -OCH3 is 2. The molecule has 0 radical (unpaired) electrons. The zero-order chi connectivity index (χ0) is 23.2. The van der Waals surface area contributed by atoms with Gasteiger partial charge >= 0.3 is 0 Å². The minimum atomic E-state index is -0.869. The maximum Gasteiger partial charge on any atom is 0.296 e. The van der Waals surface area contributed by atoms with E-state index < -0.39 is 23.1 Å². The van der Waals surface area contributed by atoms with Crippen LogP contribution in [0.15, 0.2) is 53.8 Å². The van der Waals surface area contributed by atoms with Gasteiger partial charge in [0.2, 0.25) is 5.95 Å². The Morgan fingerprint density at radius 1 is 1.09 bits per heavy atom. The van der Waals surface area contributed by atoms with Gasteiger partial charge in [-0.2, -0.15) is 0 Å². The number of nitrogens with one attached hydrogen (secondary N) is 1. The van der Waals surface area contributed by atoms with Crippen molar-refractivity contribution < 1.29 is 24.2 Å². The summed E-state index contributed by atoms with van der Waals surface area (Å²) < 4.78 is 10.6. The molecule has 8 heteroatoms. The number of aliphatic hydroxyl groups excluding tert-OH is 1. The molecule has 1 aliphatic rings. The van der Waals surface area contributed by atoms with Gasteiger partial charge in [-0.05, 0) is 29.8 Å². The van der Waals surface area contributed by atoms with Gasteiger partial charge in [0.05, 0.1) is 36.9 Å². The third-order valence-electron chi connectivity index (χ3n) is 5.45. The van der Waals surface area contributed by atoms with Crippen LogP contribution in [-0.2, 0) is 9.59 Å². The average molecular weight is 435 g/mol. The fourth-order valence-corrected chi connectivity index (χ4v) is 3.80. The molecule has 2 aromatic carbocycles. The number of carbonyl (C=O) groups is 2. The number of aromatic amines is 1. The van der Waals surface area contributed by atoms with Crippen LogP contribution in [0.3, 0.4) is 0 Å². The number of hydrogen-bond donors (Lipinski definition) is 2. The summed E-state index contributed by atoms with van der Waals surface area (Å²) in [6.07, 6.45) is 0. The number of aromatic nitrogens is 2. The number of nitrogens with zero attached hydrogens (tertiary/aromatic N) is 2. The van der Waals surface area contributed by atoms with Gasteiger partial charge in [-0.1, -0.05) is 32.9 Å². The summed E-state index contributed by atoms with van der Waals surface area (Å²) in [5.41, 5.74) is 1.12. The summed E-state index contributed by atoms with van der Waals surface area (Å²) >= 11 is 0. The first kappa shape index (κ1) is 21.4. The fourth-order valence-electron chi connectivity index (χ4n) is 3.80. The van der Waals surface area contributed by atoms with Crippen LogP contribution in [0.1, 0.15) is 32.4 Å². The van der Waals surface area contributed by atoms with Crippen molar-refractivity contribution >= 4 is 28.7 Å². The highest BCUT2D eigenvalue weighted by molar-refractivity contribution is 6.17. The lowest BCUT2D eigenvalue weighted by Crippen LogP contribution is -2.33. The van der Waals surface area contributed by atoms with E-state index in [1.807, 2.05) is 0 Å².